The van der Waals surface area contributed by atoms with Crippen LogP contribution in [0, 0.1) is 11.8 Å². The third kappa shape index (κ3) is 6.51. The molecule has 6 nitrogen and oxygen atoms in total. The summed E-state index contributed by atoms with van der Waals surface area (Å²) < 4.78 is 0. The summed E-state index contributed by atoms with van der Waals surface area (Å²) in [7, 11) is 0. The highest BCUT2D eigenvalue weighted by Crippen LogP contribution is 2.36. The van der Waals surface area contributed by atoms with Crippen molar-refractivity contribution < 1.29 is 19.5 Å². The first-order chi connectivity index (χ1) is 16.2. The normalized spacial score (nSPS) is 19.6. The van der Waals surface area contributed by atoms with Gasteiger partial charge in [0.05, 0.1) is 10.0 Å². The molecule has 1 fully saturated rings. The first-order valence-electron chi connectivity index (χ1n) is 11.6. The van der Waals surface area contributed by atoms with Gasteiger partial charge in [0.15, 0.2) is 0 Å². The van der Waals surface area contributed by atoms with Crippen molar-refractivity contribution in [1.82, 2.24) is 5.32 Å². The summed E-state index contributed by atoms with van der Waals surface area (Å²) in [6, 6.07) is 11.6. The first kappa shape index (κ1) is 26.0. The monoisotopic (exact) mass is 504 g/mol. The molecular formula is C26H30Cl2N2O4. The van der Waals surface area contributed by atoms with Gasteiger partial charge in [-0.05, 0) is 73.4 Å². The Kier molecular flexibility index (Phi) is 8.97. The summed E-state index contributed by atoms with van der Waals surface area (Å²) >= 11 is 11.9. The van der Waals surface area contributed by atoms with Crippen LogP contribution in [-0.2, 0) is 9.59 Å². The number of anilines is 1. The summed E-state index contributed by atoms with van der Waals surface area (Å²) in [6.07, 6.45) is 3.84. The SMILES string of the molecule is CCC(C)C(NC(=O)C1CCC(c2ccc(NC(=O)c3ccc(Cl)c(Cl)c3)cc2)CC1)C(=O)O. The molecule has 1 aliphatic carbocycles. The maximum absolute atomic E-state index is 12.7. The van der Waals surface area contributed by atoms with Crippen LogP contribution < -0.4 is 10.6 Å². The lowest BCUT2D eigenvalue weighted by Crippen LogP contribution is -2.47. The Morgan fingerprint density at radius 3 is 2.21 bits per heavy atom. The van der Waals surface area contributed by atoms with Crippen LogP contribution in [0.15, 0.2) is 42.5 Å². The number of aliphatic carboxylic acids is 1. The van der Waals surface area contributed by atoms with Gasteiger partial charge in [-0.2, -0.15) is 0 Å². The van der Waals surface area contributed by atoms with Crippen LogP contribution in [0.3, 0.4) is 0 Å². The summed E-state index contributed by atoms with van der Waals surface area (Å²) in [5.74, 6) is -1.36. The van der Waals surface area contributed by atoms with Gasteiger partial charge >= 0.3 is 5.97 Å². The summed E-state index contributed by atoms with van der Waals surface area (Å²) in [5.41, 5.74) is 2.26. The zero-order chi connectivity index (χ0) is 24.8. The van der Waals surface area contributed by atoms with Gasteiger partial charge < -0.3 is 15.7 Å². The number of hydrogen-bond donors (Lipinski definition) is 3. The van der Waals surface area contributed by atoms with E-state index in [-0.39, 0.29) is 23.7 Å². The number of carboxylic acids is 1. The predicted octanol–water partition coefficient (Wildman–Crippen LogP) is 6.14. The van der Waals surface area contributed by atoms with E-state index in [9.17, 15) is 19.5 Å². The highest BCUT2D eigenvalue weighted by atomic mass is 35.5. The summed E-state index contributed by atoms with van der Waals surface area (Å²) in [6.45, 7) is 3.76. The van der Waals surface area contributed by atoms with E-state index in [0.717, 1.165) is 31.2 Å². The Hall–Kier alpha value is -2.57. The first-order valence-corrected chi connectivity index (χ1v) is 12.3. The smallest absolute Gasteiger partial charge is 0.326 e. The molecule has 2 amide bonds. The minimum atomic E-state index is -0.984. The van der Waals surface area contributed by atoms with Crippen LogP contribution in [-0.4, -0.2) is 28.9 Å². The highest BCUT2D eigenvalue weighted by Gasteiger charge is 2.31. The molecule has 2 aromatic carbocycles. The van der Waals surface area contributed by atoms with Crippen LogP contribution in [0.5, 0.6) is 0 Å². The molecule has 0 aromatic heterocycles. The van der Waals surface area contributed by atoms with Gasteiger partial charge in [-0.25, -0.2) is 4.79 Å². The van der Waals surface area contributed by atoms with Crippen molar-refractivity contribution in [2.24, 2.45) is 11.8 Å². The van der Waals surface area contributed by atoms with Gasteiger partial charge in [-0.15, -0.1) is 0 Å². The molecule has 1 aliphatic rings. The molecule has 0 spiro atoms. The van der Waals surface area contributed by atoms with Crippen molar-refractivity contribution in [3.8, 4) is 0 Å². The zero-order valence-electron chi connectivity index (χ0n) is 19.3. The zero-order valence-corrected chi connectivity index (χ0v) is 20.8. The lowest BCUT2D eigenvalue weighted by atomic mass is 9.78. The van der Waals surface area contributed by atoms with E-state index >= 15 is 0 Å². The van der Waals surface area contributed by atoms with Gasteiger partial charge in [-0.1, -0.05) is 55.6 Å². The summed E-state index contributed by atoms with van der Waals surface area (Å²) in [4.78, 5) is 36.6. The topological polar surface area (TPSA) is 95.5 Å². The molecule has 8 heteroatoms. The maximum Gasteiger partial charge on any atom is 0.326 e. The quantitative estimate of drug-likeness (QED) is 0.402. The average molecular weight is 505 g/mol. The molecule has 0 aliphatic heterocycles. The number of amides is 2. The van der Waals surface area contributed by atoms with E-state index in [0.29, 0.717) is 33.6 Å². The second kappa shape index (κ2) is 11.7. The number of carboxylic acid groups (broad SMARTS) is 1. The van der Waals surface area contributed by atoms with E-state index in [1.165, 1.54) is 6.07 Å². The second-order valence-electron chi connectivity index (χ2n) is 8.96. The number of hydrogen-bond acceptors (Lipinski definition) is 3. The van der Waals surface area contributed by atoms with E-state index in [4.69, 9.17) is 23.2 Å². The Labute approximate surface area is 210 Å². The van der Waals surface area contributed by atoms with Crippen LogP contribution >= 0.6 is 23.2 Å². The molecule has 34 heavy (non-hydrogen) atoms. The Bertz CT molecular complexity index is 1030. The van der Waals surface area contributed by atoms with Gasteiger partial charge in [0.2, 0.25) is 5.91 Å². The molecule has 0 bridgehead atoms. The Morgan fingerprint density at radius 1 is 1.00 bits per heavy atom. The number of carbonyl (C=O) groups excluding carboxylic acids is 2. The van der Waals surface area contributed by atoms with Crippen molar-refractivity contribution in [2.45, 2.75) is 57.9 Å². The van der Waals surface area contributed by atoms with Crippen LogP contribution in [0.4, 0.5) is 5.69 Å². The number of benzene rings is 2. The van der Waals surface area contributed by atoms with Gasteiger partial charge in [0.1, 0.15) is 6.04 Å². The van der Waals surface area contributed by atoms with Crippen molar-refractivity contribution in [1.29, 1.82) is 0 Å². The number of halogens is 2. The highest BCUT2D eigenvalue weighted by molar-refractivity contribution is 6.42. The van der Waals surface area contributed by atoms with Gasteiger partial charge in [0, 0.05) is 17.2 Å². The fraction of sp³-hybridized carbons (Fsp3) is 0.423. The number of rotatable bonds is 8. The van der Waals surface area contributed by atoms with E-state index in [1.54, 1.807) is 12.1 Å². The van der Waals surface area contributed by atoms with Crippen LogP contribution in [0.1, 0.15) is 67.8 Å². The van der Waals surface area contributed by atoms with E-state index < -0.39 is 12.0 Å². The van der Waals surface area contributed by atoms with Gasteiger partial charge in [-0.3, -0.25) is 9.59 Å². The Morgan fingerprint density at radius 2 is 1.65 bits per heavy atom. The van der Waals surface area contributed by atoms with Crippen molar-refractivity contribution in [3.63, 3.8) is 0 Å². The minimum absolute atomic E-state index is 0.117. The number of nitrogens with one attached hydrogen (secondary N) is 2. The fourth-order valence-corrected chi connectivity index (χ4v) is 4.62. The number of carbonyl (C=O) groups is 3. The maximum atomic E-state index is 12.7. The fourth-order valence-electron chi connectivity index (χ4n) is 4.32. The Balaban J connectivity index is 1.53. The van der Waals surface area contributed by atoms with E-state index in [2.05, 4.69) is 10.6 Å². The standard InChI is InChI=1S/C26H30Cl2N2O4/c1-3-15(2)23(26(33)34)30-24(31)18-6-4-16(5-7-18)17-8-11-20(12-9-17)29-25(32)19-10-13-21(27)22(28)14-19/h8-16,18,23H,3-7H2,1-2H3,(H,29,32)(H,30,31)(H,33,34). The van der Waals surface area contributed by atoms with Gasteiger partial charge in [0.25, 0.3) is 5.91 Å². The third-order valence-electron chi connectivity index (χ3n) is 6.70. The molecule has 0 radical (unpaired) electrons. The average Bonchev–Trinajstić information content (AvgIpc) is 2.84. The molecule has 2 atom stereocenters. The molecule has 2 aromatic rings. The molecule has 2 unspecified atom stereocenters. The van der Waals surface area contributed by atoms with Crippen molar-refractivity contribution in [2.75, 3.05) is 5.32 Å². The molecule has 0 heterocycles. The van der Waals surface area contributed by atoms with Crippen molar-refractivity contribution >= 4 is 46.7 Å². The summed E-state index contributed by atoms with van der Waals surface area (Å²) in [5, 5.41) is 15.7. The molecule has 3 N–H and O–H groups in total. The predicted molar refractivity (Wildman–Crippen MR) is 135 cm³/mol. The largest absolute Gasteiger partial charge is 0.480 e. The van der Waals surface area contributed by atoms with E-state index in [1.807, 2.05) is 38.1 Å². The lowest BCUT2D eigenvalue weighted by Gasteiger charge is -2.30. The molecule has 0 saturated heterocycles. The molecule has 182 valence electrons. The lowest BCUT2D eigenvalue weighted by molar-refractivity contribution is -0.144. The van der Waals surface area contributed by atoms with Crippen molar-refractivity contribution in [3.05, 3.63) is 63.6 Å². The molecule has 3 rings (SSSR count). The molecule has 1 saturated carbocycles. The van der Waals surface area contributed by atoms with Crippen LogP contribution in [0.2, 0.25) is 10.0 Å². The third-order valence-corrected chi connectivity index (χ3v) is 7.44. The van der Waals surface area contributed by atoms with Crippen LogP contribution in [0.25, 0.3) is 0 Å². The minimum Gasteiger partial charge on any atom is -0.480 e. The second-order valence-corrected chi connectivity index (χ2v) is 9.78. The molecular weight excluding hydrogens is 475 g/mol.